The van der Waals surface area contributed by atoms with Gasteiger partial charge in [0.05, 0.1) is 18.9 Å². The highest BCUT2D eigenvalue weighted by Gasteiger charge is 2.38. The summed E-state index contributed by atoms with van der Waals surface area (Å²) >= 11 is 0. The summed E-state index contributed by atoms with van der Waals surface area (Å²) in [6.45, 7) is 4.36. The number of hydrogen-bond acceptors (Lipinski definition) is 7. The monoisotopic (exact) mass is 533 g/mol. The summed E-state index contributed by atoms with van der Waals surface area (Å²) in [5.74, 6) is -1.58. The predicted molar refractivity (Wildman–Crippen MR) is 134 cm³/mol. The molecule has 1 amide bonds. The lowest BCUT2D eigenvalue weighted by molar-refractivity contribution is 0.0686. The highest BCUT2D eigenvalue weighted by atomic mass is 32.2. The van der Waals surface area contributed by atoms with E-state index in [0.717, 1.165) is 8.99 Å². The molecular formula is C24H28FN5O6S. The summed E-state index contributed by atoms with van der Waals surface area (Å²) in [4.78, 5) is 28.5. The maximum Gasteiger partial charge on any atom is 0.280 e. The standard InChI is InChI=1S/C24H28FN5O6S/c1-4-28-12-14(2)30-19-18(21(31)20(30)24(28)33)23(32)29-13-15-7-8-16(25)11-17(15)36-9-5-6-10-37(34,35)27(3)22(19)26-29/h7-8,11,14,31H,4-6,9-10,12-13H2,1-3H3. The molecule has 2 aliphatic rings. The molecule has 2 bridgehead atoms. The van der Waals surface area contributed by atoms with Gasteiger partial charge in [0, 0.05) is 37.8 Å². The fourth-order valence-corrected chi connectivity index (χ4v) is 6.23. The average Bonchev–Trinajstić information content (AvgIpc) is 3.17. The van der Waals surface area contributed by atoms with E-state index in [1.165, 1.54) is 29.8 Å². The molecule has 1 aromatic carbocycles. The molecule has 1 unspecified atom stereocenters. The van der Waals surface area contributed by atoms with Crippen LogP contribution < -0.4 is 14.6 Å². The molecule has 11 nitrogen and oxygen atoms in total. The van der Waals surface area contributed by atoms with Crippen LogP contribution in [0, 0.1) is 5.82 Å². The Balaban J connectivity index is 1.85. The van der Waals surface area contributed by atoms with Crippen LogP contribution in [0.2, 0.25) is 0 Å². The lowest BCUT2D eigenvalue weighted by Gasteiger charge is -2.33. The first-order valence-corrected chi connectivity index (χ1v) is 13.7. The number of fused-ring (bicyclic) bond motifs is 7. The molecule has 1 N–H and O–H groups in total. The van der Waals surface area contributed by atoms with Gasteiger partial charge in [-0.1, -0.05) is 6.07 Å². The third-order valence-corrected chi connectivity index (χ3v) is 8.78. The van der Waals surface area contributed by atoms with E-state index in [2.05, 4.69) is 5.10 Å². The summed E-state index contributed by atoms with van der Waals surface area (Å²) in [6.07, 6.45) is 0.682. The van der Waals surface area contributed by atoms with Crippen molar-refractivity contribution in [3.8, 4) is 11.5 Å². The fourth-order valence-electron chi connectivity index (χ4n) is 5.00. The maximum atomic E-state index is 14.0. The van der Waals surface area contributed by atoms with Gasteiger partial charge in [-0.15, -0.1) is 5.10 Å². The van der Waals surface area contributed by atoms with Crippen molar-refractivity contribution in [2.24, 2.45) is 0 Å². The van der Waals surface area contributed by atoms with E-state index in [-0.39, 0.29) is 59.5 Å². The van der Waals surface area contributed by atoms with Gasteiger partial charge in [0.2, 0.25) is 10.0 Å². The van der Waals surface area contributed by atoms with E-state index < -0.39 is 33.1 Å². The number of rotatable bonds is 1. The minimum atomic E-state index is -3.89. The average molecular weight is 534 g/mol. The Bertz CT molecular complexity index is 1580. The molecule has 5 rings (SSSR count). The van der Waals surface area contributed by atoms with Gasteiger partial charge >= 0.3 is 0 Å². The number of aromatic nitrogens is 3. The zero-order chi connectivity index (χ0) is 26.6. The van der Waals surface area contributed by atoms with E-state index in [1.54, 1.807) is 4.90 Å². The molecule has 0 aliphatic carbocycles. The number of carbonyl (C=O) groups is 1. The Morgan fingerprint density at radius 3 is 2.73 bits per heavy atom. The number of halogens is 1. The minimum Gasteiger partial charge on any atom is -0.505 e. The molecule has 0 saturated carbocycles. The van der Waals surface area contributed by atoms with Crippen molar-refractivity contribution in [3.63, 3.8) is 0 Å². The van der Waals surface area contributed by atoms with Gasteiger partial charge in [-0.05, 0) is 32.8 Å². The summed E-state index contributed by atoms with van der Waals surface area (Å²) in [7, 11) is -2.55. The van der Waals surface area contributed by atoms with Crippen molar-refractivity contribution in [1.82, 2.24) is 19.2 Å². The number of likely N-dealkylation sites (N-methyl/N-ethyl adjacent to an activating group) is 1. The van der Waals surface area contributed by atoms with E-state index in [1.807, 2.05) is 13.8 Å². The van der Waals surface area contributed by atoms with Crippen LogP contribution >= 0.6 is 0 Å². The normalized spacial score (nSPS) is 19.9. The van der Waals surface area contributed by atoms with Gasteiger partial charge < -0.3 is 19.3 Å². The second-order valence-corrected chi connectivity index (χ2v) is 11.5. The quantitative estimate of drug-likeness (QED) is 0.507. The number of hydrogen-bond donors (Lipinski definition) is 1. The van der Waals surface area contributed by atoms with Crippen molar-refractivity contribution >= 4 is 32.7 Å². The van der Waals surface area contributed by atoms with Crippen LogP contribution in [-0.4, -0.2) is 71.2 Å². The first kappa shape index (κ1) is 25.1. The van der Waals surface area contributed by atoms with Crippen molar-refractivity contribution in [3.05, 3.63) is 45.6 Å². The Labute approximate surface area is 212 Å². The van der Waals surface area contributed by atoms with E-state index in [4.69, 9.17) is 4.74 Å². The lowest BCUT2D eigenvalue weighted by atomic mass is 10.2. The molecule has 37 heavy (non-hydrogen) atoms. The lowest BCUT2D eigenvalue weighted by Crippen LogP contribution is -2.42. The Hall–Kier alpha value is -3.61. The van der Waals surface area contributed by atoms with Gasteiger partial charge in [-0.3, -0.25) is 13.9 Å². The molecule has 198 valence electrons. The highest BCUT2D eigenvalue weighted by molar-refractivity contribution is 7.92. The molecule has 13 heteroatoms. The van der Waals surface area contributed by atoms with Crippen molar-refractivity contribution in [1.29, 1.82) is 0 Å². The third kappa shape index (κ3) is 4.01. The van der Waals surface area contributed by atoms with E-state index in [0.29, 0.717) is 25.1 Å². The van der Waals surface area contributed by atoms with Crippen molar-refractivity contribution in [2.45, 2.75) is 39.3 Å². The second-order valence-electron chi connectivity index (χ2n) is 9.36. The highest BCUT2D eigenvalue weighted by Crippen LogP contribution is 2.40. The molecule has 2 aromatic heterocycles. The molecule has 2 aliphatic heterocycles. The molecule has 0 spiro atoms. The molecule has 0 fully saturated rings. The molecule has 0 saturated heterocycles. The summed E-state index contributed by atoms with van der Waals surface area (Å²) in [5, 5.41) is 15.4. The third-order valence-electron chi connectivity index (χ3n) is 6.97. The number of anilines is 1. The zero-order valence-electron chi connectivity index (χ0n) is 20.8. The number of ether oxygens (including phenoxy) is 1. The Morgan fingerprint density at radius 2 is 2.00 bits per heavy atom. The van der Waals surface area contributed by atoms with Crippen LogP contribution in [0.15, 0.2) is 23.0 Å². The molecule has 4 heterocycles. The van der Waals surface area contributed by atoms with Crippen LogP contribution in [0.4, 0.5) is 10.2 Å². The van der Waals surface area contributed by atoms with Crippen molar-refractivity contribution < 1.29 is 27.4 Å². The van der Waals surface area contributed by atoms with Crippen molar-refractivity contribution in [2.75, 3.05) is 36.8 Å². The Morgan fingerprint density at radius 1 is 1.24 bits per heavy atom. The number of benzene rings is 1. The summed E-state index contributed by atoms with van der Waals surface area (Å²) < 4.78 is 49.8. The maximum absolute atomic E-state index is 14.0. The van der Waals surface area contributed by atoms with Crippen LogP contribution in [-0.2, 0) is 16.6 Å². The van der Waals surface area contributed by atoms with Gasteiger partial charge in [0.15, 0.2) is 17.3 Å². The van der Waals surface area contributed by atoms with Crippen LogP contribution in [0.25, 0.3) is 10.9 Å². The van der Waals surface area contributed by atoms with Gasteiger partial charge in [-0.25, -0.2) is 17.5 Å². The molecular weight excluding hydrogens is 505 g/mol. The molecule has 3 aromatic rings. The first-order valence-electron chi connectivity index (χ1n) is 12.1. The SMILES string of the molecule is CCN1CC(C)n2c(c(O)c3c(=O)n4nc(c32)N(C)S(=O)(=O)CCCCOc2cc(F)ccc2C4)C1=O. The minimum absolute atomic E-state index is 0.0776. The topological polar surface area (TPSA) is 127 Å². The molecule has 0 radical (unpaired) electrons. The second kappa shape index (κ2) is 9.05. The van der Waals surface area contributed by atoms with E-state index in [9.17, 15) is 27.5 Å². The van der Waals surface area contributed by atoms with Gasteiger partial charge in [0.25, 0.3) is 11.5 Å². The number of nitrogens with zero attached hydrogens (tertiary/aromatic N) is 5. The number of carbonyl (C=O) groups excluding carboxylic acids is 1. The van der Waals surface area contributed by atoms with Crippen LogP contribution in [0.5, 0.6) is 11.5 Å². The number of aromatic hydroxyl groups is 1. The number of amides is 1. The van der Waals surface area contributed by atoms with Gasteiger partial charge in [-0.2, -0.15) is 0 Å². The zero-order valence-corrected chi connectivity index (χ0v) is 21.6. The smallest absolute Gasteiger partial charge is 0.280 e. The molecule has 1 atom stereocenters. The summed E-state index contributed by atoms with van der Waals surface area (Å²) in [5.41, 5.74) is -0.249. The van der Waals surface area contributed by atoms with Crippen LogP contribution in [0.1, 0.15) is 48.8 Å². The Kier molecular flexibility index (Phi) is 6.13. The summed E-state index contributed by atoms with van der Waals surface area (Å²) in [6, 6.07) is 3.55. The predicted octanol–water partition coefficient (Wildman–Crippen LogP) is 2.07. The van der Waals surface area contributed by atoms with Crippen LogP contribution in [0.3, 0.4) is 0 Å². The van der Waals surface area contributed by atoms with Gasteiger partial charge in [0.1, 0.15) is 22.5 Å². The largest absolute Gasteiger partial charge is 0.505 e. The fraction of sp³-hybridized carbons (Fsp3) is 0.458. The van der Waals surface area contributed by atoms with E-state index >= 15 is 0 Å². The number of sulfonamides is 1. The first-order chi connectivity index (χ1) is 17.5.